The van der Waals surface area contributed by atoms with Crippen molar-refractivity contribution < 1.29 is 4.74 Å². The van der Waals surface area contributed by atoms with Crippen LogP contribution in [0.25, 0.3) is 0 Å². The van der Waals surface area contributed by atoms with Gasteiger partial charge >= 0.3 is 0 Å². The van der Waals surface area contributed by atoms with Crippen molar-refractivity contribution in [2.45, 2.75) is 37.8 Å². The molecule has 72 valence electrons. The molecule has 0 amide bonds. The topological polar surface area (TPSA) is 47.3 Å². The highest BCUT2D eigenvalue weighted by atomic mass is 16.5. The normalized spacial score (nSPS) is 30.5. The maximum absolute atomic E-state index is 5.86. The summed E-state index contributed by atoms with van der Waals surface area (Å²) >= 11 is 0. The predicted molar refractivity (Wildman–Crippen MR) is 50.1 cm³/mol. The van der Waals surface area contributed by atoms with Crippen LogP contribution in [-0.4, -0.2) is 32.3 Å². The number of methoxy groups -OCH3 is 1. The lowest BCUT2D eigenvalue weighted by Gasteiger charge is -2.27. The first-order valence-corrected chi connectivity index (χ1v) is 4.81. The molecule has 0 bridgehead atoms. The van der Waals surface area contributed by atoms with Gasteiger partial charge in [0, 0.05) is 25.7 Å². The number of rotatable bonds is 4. The number of hydrogen-bond donors (Lipinski definition) is 2. The second-order valence-corrected chi connectivity index (χ2v) is 3.57. The van der Waals surface area contributed by atoms with Crippen LogP contribution in [0.3, 0.4) is 0 Å². The Morgan fingerprint density at radius 2 is 2.33 bits per heavy atom. The minimum atomic E-state index is 0.416. The number of nitrogens with one attached hydrogen (secondary N) is 1. The van der Waals surface area contributed by atoms with Gasteiger partial charge in [0.2, 0.25) is 0 Å². The fourth-order valence-electron chi connectivity index (χ4n) is 1.78. The van der Waals surface area contributed by atoms with Gasteiger partial charge in [-0.3, -0.25) is 0 Å². The Hall–Kier alpha value is -0.120. The number of ether oxygens (including phenoxy) is 1. The van der Waals surface area contributed by atoms with E-state index in [4.69, 9.17) is 10.5 Å². The molecule has 0 aromatic heterocycles. The van der Waals surface area contributed by atoms with Gasteiger partial charge in [-0.15, -0.1) is 0 Å². The molecule has 1 saturated carbocycles. The largest absolute Gasteiger partial charge is 0.383 e. The SMILES string of the molecule is COCCNC1CCCC(N)C1. The predicted octanol–water partition coefficient (Wildman–Crippen LogP) is 0.492. The van der Waals surface area contributed by atoms with E-state index in [2.05, 4.69) is 5.32 Å². The Morgan fingerprint density at radius 3 is 3.00 bits per heavy atom. The standard InChI is InChI=1S/C9H20N2O/c1-12-6-5-11-9-4-2-3-8(10)7-9/h8-9,11H,2-7,10H2,1H3. The van der Waals surface area contributed by atoms with E-state index in [1.807, 2.05) is 0 Å². The summed E-state index contributed by atoms with van der Waals surface area (Å²) in [5.41, 5.74) is 5.86. The molecule has 0 aliphatic heterocycles. The van der Waals surface area contributed by atoms with E-state index in [0.29, 0.717) is 12.1 Å². The molecule has 1 fully saturated rings. The summed E-state index contributed by atoms with van der Waals surface area (Å²) in [6.07, 6.45) is 4.87. The quantitative estimate of drug-likeness (QED) is 0.607. The second-order valence-electron chi connectivity index (χ2n) is 3.57. The maximum Gasteiger partial charge on any atom is 0.0587 e. The highest BCUT2D eigenvalue weighted by Crippen LogP contribution is 2.16. The molecule has 1 rings (SSSR count). The molecule has 0 radical (unpaired) electrons. The Morgan fingerprint density at radius 1 is 1.50 bits per heavy atom. The van der Waals surface area contributed by atoms with Gasteiger partial charge in [-0.25, -0.2) is 0 Å². The summed E-state index contributed by atoms with van der Waals surface area (Å²) in [6, 6.07) is 1.04. The van der Waals surface area contributed by atoms with Gasteiger partial charge in [0.15, 0.2) is 0 Å². The van der Waals surface area contributed by atoms with Crippen LogP contribution in [0.15, 0.2) is 0 Å². The van der Waals surface area contributed by atoms with Gasteiger partial charge in [0.1, 0.15) is 0 Å². The van der Waals surface area contributed by atoms with Crippen LogP contribution in [0.4, 0.5) is 0 Å². The first-order chi connectivity index (χ1) is 5.83. The summed E-state index contributed by atoms with van der Waals surface area (Å²) in [5, 5.41) is 3.45. The lowest BCUT2D eigenvalue weighted by Crippen LogP contribution is -2.40. The summed E-state index contributed by atoms with van der Waals surface area (Å²) < 4.78 is 4.97. The van der Waals surface area contributed by atoms with Crippen LogP contribution in [0.2, 0.25) is 0 Å². The monoisotopic (exact) mass is 172 g/mol. The lowest BCUT2D eigenvalue weighted by molar-refractivity contribution is 0.191. The number of hydrogen-bond acceptors (Lipinski definition) is 3. The van der Waals surface area contributed by atoms with Crippen molar-refractivity contribution in [3.8, 4) is 0 Å². The van der Waals surface area contributed by atoms with Gasteiger partial charge in [-0.05, 0) is 19.3 Å². The van der Waals surface area contributed by atoms with Crippen LogP contribution in [-0.2, 0) is 4.74 Å². The molecule has 2 atom stereocenters. The van der Waals surface area contributed by atoms with Crippen molar-refractivity contribution in [3.05, 3.63) is 0 Å². The maximum atomic E-state index is 5.86. The molecule has 12 heavy (non-hydrogen) atoms. The van der Waals surface area contributed by atoms with Gasteiger partial charge in [0.25, 0.3) is 0 Å². The summed E-state index contributed by atoms with van der Waals surface area (Å²) in [4.78, 5) is 0. The molecule has 0 aromatic carbocycles. The molecule has 1 aliphatic carbocycles. The summed E-state index contributed by atoms with van der Waals surface area (Å²) in [7, 11) is 1.73. The van der Waals surface area contributed by atoms with Crippen LogP contribution in [0, 0.1) is 0 Å². The Balaban J connectivity index is 2.06. The zero-order chi connectivity index (χ0) is 8.81. The van der Waals surface area contributed by atoms with Crippen molar-refractivity contribution in [2.24, 2.45) is 5.73 Å². The van der Waals surface area contributed by atoms with E-state index in [1.165, 1.54) is 19.3 Å². The fraction of sp³-hybridized carbons (Fsp3) is 1.00. The number of nitrogens with two attached hydrogens (primary N) is 1. The average Bonchev–Trinajstić information content (AvgIpc) is 2.05. The average molecular weight is 172 g/mol. The van der Waals surface area contributed by atoms with Gasteiger partial charge in [-0.1, -0.05) is 6.42 Å². The molecular weight excluding hydrogens is 152 g/mol. The van der Waals surface area contributed by atoms with E-state index in [1.54, 1.807) is 7.11 Å². The van der Waals surface area contributed by atoms with Crippen molar-refractivity contribution in [3.63, 3.8) is 0 Å². The Kier molecular flexibility index (Phi) is 4.58. The lowest BCUT2D eigenvalue weighted by atomic mass is 9.92. The van der Waals surface area contributed by atoms with Crippen molar-refractivity contribution in [1.29, 1.82) is 0 Å². The van der Waals surface area contributed by atoms with E-state index in [0.717, 1.165) is 19.6 Å². The van der Waals surface area contributed by atoms with Gasteiger partial charge in [0.05, 0.1) is 6.61 Å². The first-order valence-electron chi connectivity index (χ1n) is 4.81. The fourth-order valence-corrected chi connectivity index (χ4v) is 1.78. The molecule has 3 nitrogen and oxygen atoms in total. The zero-order valence-corrected chi connectivity index (χ0v) is 7.88. The first kappa shape index (κ1) is 9.96. The highest BCUT2D eigenvalue weighted by molar-refractivity contribution is 4.79. The molecule has 3 heteroatoms. The minimum Gasteiger partial charge on any atom is -0.383 e. The van der Waals surface area contributed by atoms with E-state index < -0.39 is 0 Å². The zero-order valence-electron chi connectivity index (χ0n) is 7.88. The van der Waals surface area contributed by atoms with Crippen molar-refractivity contribution in [1.82, 2.24) is 5.32 Å². The highest BCUT2D eigenvalue weighted by Gasteiger charge is 2.17. The van der Waals surface area contributed by atoms with Crippen LogP contribution >= 0.6 is 0 Å². The Labute approximate surface area is 74.7 Å². The van der Waals surface area contributed by atoms with Crippen LogP contribution < -0.4 is 11.1 Å². The third-order valence-electron chi connectivity index (χ3n) is 2.45. The minimum absolute atomic E-state index is 0.416. The molecule has 3 N–H and O–H groups in total. The molecule has 0 spiro atoms. The van der Waals surface area contributed by atoms with Crippen molar-refractivity contribution >= 4 is 0 Å². The van der Waals surface area contributed by atoms with E-state index in [-0.39, 0.29) is 0 Å². The van der Waals surface area contributed by atoms with Gasteiger partial charge < -0.3 is 15.8 Å². The third-order valence-corrected chi connectivity index (χ3v) is 2.45. The molecule has 0 aromatic rings. The van der Waals surface area contributed by atoms with E-state index >= 15 is 0 Å². The summed E-state index contributed by atoms with van der Waals surface area (Å²) in [5.74, 6) is 0. The Bertz CT molecular complexity index is 119. The van der Waals surface area contributed by atoms with Crippen LogP contribution in [0.1, 0.15) is 25.7 Å². The van der Waals surface area contributed by atoms with Gasteiger partial charge in [-0.2, -0.15) is 0 Å². The summed E-state index contributed by atoms with van der Waals surface area (Å²) in [6.45, 7) is 1.75. The molecule has 1 aliphatic rings. The third kappa shape index (κ3) is 3.52. The smallest absolute Gasteiger partial charge is 0.0587 e. The van der Waals surface area contributed by atoms with Crippen LogP contribution in [0.5, 0.6) is 0 Å². The second kappa shape index (κ2) is 5.51. The molecule has 0 heterocycles. The molecule has 0 saturated heterocycles. The molecule has 2 unspecified atom stereocenters. The van der Waals surface area contributed by atoms with Crippen molar-refractivity contribution in [2.75, 3.05) is 20.3 Å². The molecular formula is C9H20N2O. The van der Waals surface area contributed by atoms with E-state index in [9.17, 15) is 0 Å².